The maximum Gasteiger partial charge on any atom is 0.314 e. The summed E-state index contributed by atoms with van der Waals surface area (Å²) in [5.41, 5.74) is -0.332. The summed E-state index contributed by atoms with van der Waals surface area (Å²) in [6.45, 7) is -0.549. The Morgan fingerprint density at radius 2 is 1.96 bits per heavy atom. The maximum absolute atomic E-state index is 13.0. The van der Waals surface area contributed by atoms with Gasteiger partial charge in [0.15, 0.2) is 24.0 Å². The van der Waals surface area contributed by atoms with Gasteiger partial charge in [-0.1, -0.05) is 0 Å². The molecular formula is C15H12F2N2O5. The number of amides is 1. The van der Waals surface area contributed by atoms with Crippen molar-refractivity contribution in [2.75, 3.05) is 19.0 Å². The van der Waals surface area contributed by atoms with Crippen LogP contribution in [0.3, 0.4) is 0 Å². The van der Waals surface area contributed by atoms with Gasteiger partial charge in [0.1, 0.15) is 5.75 Å². The molecule has 2 rings (SSSR count). The number of benzene rings is 2. The zero-order chi connectivity index (χ0) is 17.7. The van der Waals surface area contributed by atoms with Crippen molar-refractivity contribution in [3.63, 3.8) is 0 Å². The lowest BCUT2D eigenvalue weighted by Crippen LogP contribution is -2.20. The summed E-state index contributed by atoms with van der Waals surface area (Å²) in [6.07, 6.45) is 0. The number of nitrogens with one attached hydrogen (secondary N) is 1. The molecular weight excluding hydrogens is 326 g/mol. The smallest absolute Gasteiger partial charge is 0.314 e. The number of rotatable bonds is 6. The van der Waals surface area contributed by atoms with E-state index in [1.54, 1.807) is 0 Å². The third kappa shape index (κ3) is 4.15. The van der Waals surface area contributed by atoms with E-state index in [0.717, 1.165) is 18.2 Å². The first-order valence-electron chi connectivity index (χ1n) is 6.61. The van der Waals surface area contributed by atoms with Gasteiger partial charge in [0.2, 0.25) is 0 Å². The molecule has 0 atom stereocenters. The average Bonchev–Trinajstić information content (AvgIpc) is 2.56. The topological polar surface area (TPSA) is 90.7 Å². The van der Waals surface area contributed by atoms with Crippen LogP contribution in [0.1, 0.15) is 0 Å². The van der Waals surface area contributed by atoms with Crippen LogP contribution >= 0.6 is 0 Å². The summed E-state index contributed by atoms with van der Waals surface area (Å²) in [5, 5.41) is 13.3. The van der Waals surface area contributed by atoms with Crippen LogP contribution in [0.5, 0.6) is 11.5 Å². The van der Waals surface area contributed by atoms with Crippen molar-refractivity contribution in [3.05, 3.63) is 58.1 Å². The van der Waals surface area contributed by atoms with E-state index in [9.17, 15) is 23.7 Å². The molecule has 0 radical (unpaired) electrons. The van der Waals surface area contributed by atoms with Crippen molar-refractivity contribution >= 4 is 17.3 Å². The second-order valence-electron chi connectivity index (χ2n) is 4.56. The highest BCUT2D eigenvalue weighted by Gasteiger charge is 2.17. The summed E-state index contributed by atoms with van der Waals surface area (Å²) in [6, 6.07) is 6.73. The number of ether oxygens (including phenoxy) is 2. The van der Waals surface area contributed by atoms with Gasteiger partial charge < -0.3 is 14.8 Å². The molecule has 2 aromatic rings. The quantitative estimate of drug-likeness (QED) is 0.646. The predicted octanol–water partition coefficient (Wildman–Crippen LogP) is 2.90. The Bertz CT molecular complexity index is 782. The number of carbonyl (C=O) groups is 1. The Morgan fingerprint density at radius 3 is 2.58 bits per heavy atom. The van der Waals surface area contributed by atoms with Crippen molar-refractivity contribution < 1.29 is 28.0 Å². The molecule has 126 valence electrons. The van der Waals surface area contributed by atoms with Crippen molar-refractivity contribution in [1.29, 1.82) is 0 Å². The van der Waals surface area contributed by atoms with Gasteiger partial charge in [-0.05, 0) is 24.3 Å². The minimum absolute atomic E-state index is 0.0340. The van der Waals surface area contributed by atoms with E-state index >= 15 is 0 Å². The fourth-order valence-electron chi connectivity index (χ4n) is 1.80. The van der Waals surface area contributed by atoms with E-state index in [1.807, 2.05) is 0 Å². The Kier molecular flexibility index (Phi) is 5.25. The highest BCUT2D eigenvalue weighted by Crippen LogP contribution is 2.30. The van der Waals surface area contributed by atoms with Crippen LogP contribution in [0.25, 0.3) is 0 Å². The second-order valence-corrected chi connectivity index (χ2v) is 4.56. The van der Waals surface area contributed by atoms with Crippen molar-refractivity contribution in [3.8, 4) is 11.5 Å². The second kappa shape index (κ2) is 7.36. The Morgan fingerprint density at radius 1 is 1.21 bits per heavy atom. The number of hydrogen-bond acceptors (Lipinski definition) is 5. The van der Waals surface area contributed by atoms with E-state index in [-0.39, 0.29) is 22.9 Å². The number of nitro benzene ring substituents is 1. The van der Waals surface area contributed by atoms with Gasteiger partial charge in [-0.15, -0.1) is 0 Å². The molecule has 0 fully saturated rings. The minimum Gasteiger partial charge on any atom is -0.496 e. The molecule has 0 bridgehead atoms. The van der Waals surface area contributed by atoms with Gasteiger partial charge in [-0.3, -0.25) is 14.9 Å². The first-order chi connectivity index (χ1) is 11.4. The van der Waals surface area contributed by atoms with Crippen molar-refractivity contribution in [1.82, 2.24) is 0 Å². The fourth-order valence-corrected chi connectivity index (χ4v) is 1.80. The van der Waals surface area contributed by atoms with Crippen LogP contribution in [0.4, 0.5) is 20.2 Å². The lowest BCUT2D eigenvalue weighted by atomic mass is 10.3. The largest absolute Gasteiger partial charge is 0.496 e. The molecule has 0 aliphatic heterocycles. The highest BCUT2D eigenvalue weighted by atomic mass is 19.2. The lowest BCUT2D eigenvalue weighted by Gasteiger charge is -2.09. The molecule has 0 aromatic heterocycles. The number of halogens is 2. The number of nitro groups is 1. The third-order valence-electron chi connectivity index (χ3n) is 2.92. The van der Waals surface area contributed by atoms with E-state index in [1.165, 1.54) is 25.3 Å². The summed E-state index contributed by atoms with van der Waals surface area (Å²) >= 11 is 0. The molecule has 7 nitrogen and oxygen atoms in total. The van der Waals surface area contributed by atoms with Gasteiger partial charge in [0.05, 0.1) is 18.1 Å². The lowest BCUT2D eigenvalue weighted by molar-refractivity contribution is -0.385. The van der Waals surface area contributed by atoms with E-state index in [2.05, 4.69) is 5.32 Å². The molecule has 0 spiro atoms. The van der Waals surface area contributed by atoms with E-state index < -0.39 is 29.1 Å². The third-order valence-corrected chi connectivity index (χ3v) is 2.92. The summed E-state index contributed by atoms with van der Waals surface area (Å²) in [7, 11) is 1.36. The average molecular weight is 338 g/mol. The zero-order valence-corrected chi connectivity index (χ0v) is 12.4. The van der Waals surface area contributed by atoms with Gasteiger partial charge >= 0.3 is 5.69 Å². The molecule has 0 aliphatic rings. The van der Waals surface area contributed by atoms with Crippen molar-refractivity contribution in [2.45, 2.75) is 0 Å². The normalized spacial score (nSPS) is 10.1. The fraction of sp³-hybridized carbons (Fsp3) is 0.133. The number of carbonyl (C=O) groups excluding carboxylic acids is 1. The molecule has 0 saturated heterocycles. The number of methoxy groups -OCH3 is 1. The van der Waals surface area contributed by atoms with E-state index in [4.69, 9.17) is 9.47 Å². The molecule has 0 unspecified atom stereocenters. The van der Waals surface area contributed by atoms with Gasteiger partial charge in [0.25, 0.3) is 5.91 Å². The van der Waals surface area contributed by atoms with Crippen LogP contribution in [-0.2, 0) is 4.79 Å². The van der Waals surface area contributed by atoms with Crippen molar-refractivity contribution in [2.24, 2.45) is 0 Å². The van der Waals surface area contributed by atoms with Gasteiger partial charge in [-0.2, -0.15) is 0 Å². The van der Waals surface area contributed by atoms with Gasteiger partial charge in [-0.25, -0.2) is 8.78 Å². The van der Waals surface area contributed by atoms with E-state index in [0.29, 0.717) is 0 Å². The SMILES string of the molecule is COc1ccc(OCC(=O)Nc2ccc(F)c(F)c2)c([N+](=O)[O-])c1. The predicted molar refractivity (Wildman–Crippen MR) is 80.1 cm³/mol. The van der Waals surface area contributed by atoms with Crippen LogP contribution in [0.2, 0.25) is 0 Å². The van der Waals surface area contributed by atoms with Crippen LogP contribution in [-0.4, -0.2) is 24.5 Å². The van der Waals surface area contributed by atoms with Crippen LogP contribution in [0.15, 0.2) is 36.4 Å². The number of hydrogen-bond donors (Lipinski definition) is 1. The molecule has 2 aromatic carbocycles. The molecule has 9 heteroatoms. The highest BCUT2D eigenvalue weighted by molar-refractivity contribution is 5.91. The molecule has 24 heavy (non-hydrogen) atoms. The molecule has 0 saturated carbocycles. The number of anilines is 1. The molecule has 0 aliphatic carbocycles. The molecule has 1 N–H and O–H groups in total. The minimum atomic E-state index is -1.11. The first kappa shape index (κ1) is 17.1. The summed E-state index contributed by atoms with van der Waals surface area (Å²) in [4.78, 5) is 22.1. The van der Waals surface area contributed by atoms with Crippen LogP contribution in [0, 0.1) is 21.7 Å². The first-order valence-corrected chi connectivity index (χ1v) is 6.61. The Labute approximate surface area is 135 Å². The summed E-state index contributed by atoms with van der Waals surface area (Å²) < 4.78 is 35.8. The number of nitrogens with zero attached hydrogens (tertiary/aromatic N) is 1. The Balaban J connectivity index is 2.03. The zero-order valence-electron chi connectivity index (χ0n) is 12.4. The molecule has 1 amide bonds. The Hall–Kier alpha value is -3.23. The monoisotopic (exact) mass is 338 g/mol. The molecule has 0 heterocycles. The van der Waals surface area contributed by atoms with Crippen LogP contribution < -0.4 is 14.8 Å². The maximum atomic E-state index is 13.0. The van der Waals surface area contributed by atoms with Gasteiger partial charge in [0, 0.05) is 11.8 Å². The summed E-state index contributed by atoms with van der Waals surface area (Å²) in [5.74, 6) is -2.70. The standard InChI is InChI=1S/C15H12F2N2O5/c1-23-10-3-5-14(13(7-10)19(21)22)24-8-15(20)18-9-2-4-11(16)12(17)6-9/h2-7H,8H2,1H3,(H,18,20).